The van der Waals surface area contributed by atoms with Crippen LogP contribution in [0.15, 0.2) is 24.3 Å². The third-order valence-electron chi connectivity index (χ3n) is 2.79. The normalized spacial score (nSPS) is 11.9. The number of hydrogen-bond donors (Lipinski definition) is 2. The molecular formula is C13H18N2O3. The fourth-order valence-electron chi connectivity index (χ4n) is 1.86. The maximum atomic E-state index is 12.3. The number of carboxylic acids is 1. The number of para-hydroxylation sites is 1. The summed E-state index contributed by atoms with van der Waals surface area (Å²) in [6.07, 6.45) is -0.0771. The average Bonchev–Trinajstić information content (AvgIpc) is 2.29. The maximum absolute atomic E-state index is 12.3. The predicted octanol–water partition coefficient (Wildman–Crippen LogP) is 1.59. The van der Waals surface area contributed by atoms with E-state index in [0.29, 0.717) is 17.8 Å². The molecule has 1 amide bonds. The fraction of sp³-hybridized carbons (Fsp3) is 0.385. The van der Waals surface area contributed by atoms with Crippen LogP contribution in [0.1, 0.15) is 30.6 Å². The summed E-state index contributed by atoms with van der Waals surface area (Å²) in [5.74, 6) is -1.15. The molecule has 1 aromatic rings. The highest BCUT2D eigenvalue weighted by molar-refractivity contribution is 5.99. The molecular weight excluding hydrogens is 232 g/mol. The molecule has 0 aromatic heterocycles. The van der Waals surface area contributed by atoms with E-state index >= 15 is 0 Å². The van der Waals surface area contributed by atoms with E-state index in [1.54, 1.807) is 31.2 Å². The summed E-state index contributed by atoms with van der Waals surface area (Å²) in [6.45, 7) is 3.98. The van der Waals surface area contributed by atoms with Gasteiger partial charge >= 0.3 is 5.97 Å². The molecule has 18 heavy (non-hydrogen) atoms. The minimum atomic E-state index is -0.921. The molecule has 0 saturated carbocycles. The van der Waals surface area contributed by atoms with Crippen LogP contribution in [0.25, 0.3) is 0 Å². The van der Waals surface area contributed by atoms with Crippen LogP contribution in [-0.4, -0.2) is 34.5 Å². The number of carbonyl (C=O) groups excluding carboxylic acids is 1. The lowest BCUT2D eigenvalue weighted by Crippen LogP contribution is -2.39. The molecule has 3 N–H and O–H groups in total. The molecule has 1 atom stereocenters. The van der Waals surface area contributed by atoms with Crippen molar-refractivity contribution in [3.05, 3.63) is 29.8 Å². The number of nitrogens with zero attached hydrogens (tertiary/aromatic N) is 1. The fourth-order valence-corrected chi connectivity index (χ4v) is 1.86. The second-order valence-corrected chi connectivity index (χ2v) is 4.13. The topological polar surface area (TPSA) is 83.6 Å². The zero-order chi connectivity index (χ0) is 13.7. The van der Waals surface area contributed by atoms with Gasteiger partial charge in [0.2, 0.25) is 0 Å². The van der Waals surface area contributed by atoms with E-state index < -0.39 is 5.97 Å². The first-order valence-electron chi connectivity index (χ1n) is 5.84. The molecule has 0 spiro atoms. The van der Waals surface area contributed by atoms with Crippen molar-refractivity contribution in [1.29, 1.82) is 0 Å². The zero-order valence-corrected chi connectivity index (χ0v) is 10.6. The zero-order valence-electron chi connectivity index (χ0n) is 10.6. The van der Waals surface area contributed by atoms with E-state index in [2.05, 4.69) is 0 Å². The van der Waals surface area contributed by atoms with E-state index in [1.807, 2.05) is 6.92 Å². The van der Waals surface area contributed by atoms with Crippen molar-refractivity contribution in [1.82, 2.24) is 4.90 Å². The lowest BCUT2D eigenvalue weighted by molar-refractivity contribution is -0.138. The minimum Gasteiger partial charge on any atom is -0.481 e. The Bertz CT molecular complexity index is 446. The molecule has 0 heterocycles. The van der Waals surface area contributed by atoms with Gasteiger partial charge in [0.15, 0.2) is 0 Å². The molecule has 1 aromatic carbocycles. The first-order valence-corrected chi connectivity index (χ1v) is 5.84. The number of rotatable bonds is 5. The van der Waals surface area contributed by atoms with Crippen LogP contribution in [0.4, 0.5) is 5.69 Å². The molecule has 5 nitrogen and oxygen atoms in total. The molecule has 0 aliphatic heterocycles. The van der Waals surface area contributed by atoms with Crippen molar-refractivity contribution in [2.75, 3.05) is 12.3 Å². The first-order chi connectivity index (χ1) is 8.47. The molecule has 5 heteroatoms. The van der Waals surface area contributed by atoms with Gasteiger partial charge in [0.05, 0.1) is 12.0 Å². The second-order valence-electron chi connectivity index (χ2n) is 4.13. The van der Waals surface area contributed by atoms with Crippen LogP contribution in [-0.2, 0) is 4.79 Å². The van der Waals surface area contributed by atoms with E-state index in [-0.39, 0.29) is 18.4 Å². The summed E-state index contributed by atoms with van der Waals surface area (Å²) in [6, 6.07) is 6.43. The van der Waals surface area contributed by atoms with Crippen molar-refractivity contribution in [2.24, 2.45) is 0 Å². The van der Waals surface area contributed by atoms with E-state index in [1.165, 1.54) is 4.90 Å². The van der Waals surface area contributed by atoms with Crippen LogP contribution in [0.5, 0.6) is 0 Å². The Labute approximate surface area is 106 Å². The van der Waals surface area contributed by atoms with Crippen molar-refractivity contribution in [3.8, 4) is 0 Å². The van der Waals surface area contributed by atoms with Gasteiger partial charge in [0.1, 0.15) is 0 Å². The van der Waals surface area contributed by atoms with Crippen LogP contribution in [0, 0.1) is 0 Å². The second kappa shape index (κ2) is 6.05. The standard InChI is InChI=1S/C13H18N2O3/c1-3-15(9(2)8-12(16)17)13(18)10-6-4-5-7-11(10)14/h4-7,9H,3,8,14H2,1-2H3,(H,16,17). The van der Waals surface area contributed by atoms with Crippen molar-refractivity contribution in [2.45, 2.75) is 26.3 Å². The summed E-state index contributed by atoms with van der Waals surface area (Å²) in [5, 5.41) is 8.77. The lowest BCUT2D eigenvalue weighted by atomic mass is 10.1. The van der Waals surface area contributed by atoms with Gasteiger partial charge in [-0.2, -0.15) is 0 Å². The van der Waals surface area contributed by atoms with E-state index in [4.69, 9.17) is 10.8 Å². The molecule has 1 rings (SSSR count). The Hall–Kier alpha value is -2.04. The maximum Gasteiger partial charge on any atom is 0.305 e. The number of benzene rings is 1. The van der Waals surface area contributed by atoms with Gasteiger partial charge < -0.3 is 15.7 Å². The van der Waals surface area contributed by atoms with E-state index in [0.717, 1.165) is 0 Å². The van der Waals surface area contributed by atoms with Gasteiger partial charge in [-0.05, 0) is 26.0 Å². The van der Waals surface area contributed by atoms with Gasteiger partial charge in [0, 0.05) is 18.3 Å². The number of anilines is 1. The van der Waals surface area contributed by atoms with Gasteiger partial charge in [-0.1, -0.05) is 12.1 Å². The van der Waals surface area contributed by atoms with Gasteiger partial charge in [-0.3, -0.25) is 9.59 Å². The van der Waals surface area contributed by atoms with Gasteiger partial charge in [-0.25, -0.2) is 0 Å². The van der Waals surface area contributed by atoms with Crippen molar-refractivity contribution < 1.29 is 14.7 Å². The summed E-state index contributed by atoms with van der Waals surface area (Å²) < 4.78 is 0. The van der Waals surface area contributed by atoms with Crippen LogP contribution >= 0.6 is 0 Å². The number of nitrogens with two attached hydrogens (primary N) is 1. The average molecular weight is 250 g/mol. The number of nitrogen functional groups attached to an aromatic ring is 1. The highest BCUT2D eigenvalue weighted by atomic mass is 16.4. The van der Waals surface area contributed by atoms with Crippen molar-refractivity contribution in [3.63, 3.8) is 0 Å². The number of carboxylic acid groups (broad SMARTS) is 1. The molecule has 0 aliphatic carbocycles. The SMILES string of the molecule is CCN(C(=O)c1ccccc1N)C(C)CC(=O)O. The molecule has 0 saturated heterocycles. The monoisotopic (exact) mass is 250 g/mol. The summed E-state index contributed by atoms with van der Waals surface area (Å²) in [4.78, 5) is 24.5. The van der Waals surface area contributed by atoms with Crippen LogP contribution < -0.4 is 5.73 Å². The smallest absolute Gasteiger partial charge is 0.305 e. The summed E-state index contributed by atoms with van der Waals surface area (Å²) in [7, 11) is 0. The number of aliphatic carboxylic acids is 1. The number of amides is 1. The molecule has 0 radical (unpaired) electrons. The Kier molecular flexibility index (Phi) is 4.71. The Morgan fingerprint density at radius 1 is 1.39 bits per heavy atom. The molecule has 0 aliphatic rings. The lowest BCUT2D eigenvalue weighted by Gasteiger charge is -2.27. The largest absolute Gasteiger partial charge is 0.481 e. The Morgan fingerprint density at radius 2 is 2.00 bits per heavy atom. The van der Waals surface area contributed by atoms with Gasteiger partial charge in [-0.15, -0.1) is 0 Å². The van der Waals surface area contributed by atoms with Crippen LogP contribution in [0.2, 0.25) is 0 Å². The highest BCUT2D eigenvalue weighted by Crippen LogP contribution is 2.16. The quantitative estimate of drug-likeness (QED) is 0.777. The number of carbonyl (C=O) groups is 2. The van der Waals surface area contributed by atoms with Gasteiger partial charge in [0.25, 0.3) is 5.91 Å². The first kappa shape index (κ1) is 14.0. The van der Waals surface area contributed by atoms with Crippen molar-refractivity contribution >= 4 is 17.6 Å². The Morgan fingerprint density at radius 3 is 2.50 bits per heavy atom. The Balaban J connectivity index is 2.92. The minimum absolute atomic E-state index is 0.0771. The predicted molar refractivity (Wildman–Crippen MR) is 69.3 cm³/mol. The summed E-state index contributed by atoms with van der Waals surface area (Å²) >= 11 is 0. The molecule has 0 fully saturated rings. The summed E-state index contributed by atoms with van der Waals surface area (Å²) in [5.41, 5.74) is 6.57. The highest BCUT2D eigenvalue weighted by Gasteiger charge is 2.22. The van der Waals surface area contributed by atoms with Crippen LogP contribution in [0.3, 0.4) is 0 Å². The third-order valence-corrected chi connectivity index (χ3v) is 2.79. The molecule has 0 bridgehead atoms. The third kappa shape index (κ3) is 3.23. The van der Waals surface area contributed by atoms with E-state index in [9.17, 15) is 9.59 Å². The molecule has 98 valence electrons. The number of hydrogen-bond acceptors (Lipinski definition) is 3. The molecule has 1 unspecified atom stereocenters.